The van der Waals surface area contributed by atoms with Gasteiger partial charge in [0.2, 0.25) is 5.88 Å². The Morgan fingerprint density at radius 3 is 3.05 bits per heavy atom. The van der Waals surface area contributed by atoms with Gasteiger partial charge in [0.15, 0.2) is 0 Å². The maximum Gasteiger partial charge on any atom is 0.245 e. The summed E-state index contributed by atoms with van der Waals surface area (Å²) in [6, 6.07) is 0. The van der Waals surface area contributed by atoms with Gasteiger partial charge in [-0.15, -0.1) is 4.37 Å². The first-order chi connectivity index (χ1) is 9.22. The van der Waals surface area contributed by atoms with Gasteiger partial charge in [-0.1, -0.05) is 0 Å². The van der Waals surface area contributed by atoms with E-state index in [-0.39, 0.29) is 6.61 Å². The maximum atomic E-state index is 9.69. The number of aliphatic hydroxyl groups excluding tert-OH is 1. The van der Waals surface area contributed by atoms with Crippen LogP contribution in [0, 0.1) is 0 Å². The van der Waals surface area contributed by atoms with Gasteiger partial charge < -0.3 is 24.8 Å². The molecule has 19 heavy (non-hydrogen) atoms. The highest BCUT2D eigenvalue weighted by atomic mass is 32.1. The lowest BCUT2D eigenvalue weighted by Crippen LogP contribution is -2.36. The van der Waals surface area contributed by atoms with Crippen LogP contribution in [0.1, 0.15) is 0 Å². The van der Waals surface area contributed by atoms with Crippen molar-refractivity contribution in [3.8, 4) is 5.88 Å². The fourth-order valence-corrected chi connectivity index (χ4v) is 1.72. The van der Waals surface area contributed by atoms with Gasteiger partial charge in [-0.25, -0.2) is 0 Å². The number of hydrogen-bond donors (Lipinski definition) is 2. The van der Waals surface area contributed by atoms with Gasteiger partial charge in [0.1, 0.15) is 18.9 Å². The van der Waals surface area contributed by atoms with E-state index in [2.05, 4.69) is 19.0 Å². The molecule has 0 radical (unpaired) electrons. The Bertz CT molecular complexity index is 313. The highest BCUT2D eigenvalue weighted by Gasteiger charge is 2.06. The summed E-state index contributed by atoms with van der Waals surface area (Å²) in [6.45, 7) is 4.07. The number of rotatable bonds is 11. The van der Waals surface area contributed by atoms with E-state index in [0.29, 0.717) is 12.4 Å². The molecule has 0 bridgehead atoms. The second-order valence-corrected chi connectivity index (χ2v) is 4.77. The molecule has 1 atom stereocenters. The van der Waals surface area contributed by atoms with Crippen molar-refractivity contribution in [2.45, 2.75) is 6.10 Å². The number of nitrogens with zero attached hydrogens (tertiary/aromatic N) is 3. The van der Waals surface area contributed by atoms with Crippen LogP contribution < -0.4 is 10.1 Å². The highest BCUT2D eigenvalue weighted by molar-refractivity contribution is 6.99. The highest BCUT2D eigenvalue weighted by Crippen LogP contribution is 2.04. The van der Waals surface area contributed by atoms with E-state index in [0.717, 1.165) is 38.0 Å². The molecule has 2 N–H and O–H groups in total. The van der Waals surface area contributed by atoms with Crippen molar-refractivity contribution in [2.75, 3.05) is 53.6 Å². The fourth-order valence-electron chi connectivity index (χ4n) is 1.36. The van der Waals surface area contributed by atoms with Crippen molar-refractivity contribution in [1.82, 2.24) is 19.0 Å². The molecule has 0 spiro atoms. The standard InChI is InChI=1S/C11H22N4O3S/c1-15(5-6-17-2)4-3-12-7-10(16)9-18-11-8-13-19-14-11/h8,10,12,16H,3-7,9H2,1-2H3. The molecule has 0 fully saturated rings. The SMILES string of the molecule is COCCN(C)CCNCC(O)COc1cnsn1. The van der Waals surface area contributed by atoms with Gasteiger partial charge in [-0.2, -0.15) is 4.37 Å². The van der Waals surface area contributed by atoms with Crippen molar-refractivity contribution in [3.63, 3.8) is 0 Å². The smallest absolute Gasteiger partial charge is 0.245 e. The number of hydrogen-bond acceptors (Lipinski definition) is 8. The van der Waals surface area contributed by atoms with Crippen molar-refractivity contribution in [3.05, 3.63) is 6.20 Å². The van der Waals surface area contributed by atoms with Crippen LogP contribution in [0.25, 0.3) is 0 Å². The molecular weight excluding hydrogens is 268 g/mol. The first kappa shape index (κ1) is 16.3. The molecule has 1 rings (SSSR count). The van der Waals surface area contributed by atoms with Crippen LogP contribution >= 0.6 is 11.7 Å². The zero-order valence-electron chi connectivity index (χ0n) is 11.4. The van der Waals surface area contributed by atoms with E-state index in [1.54, 1.807) is 7.11 Å². The molecule has 0 amide bonds. The predicted octanol–water partition coefficient (Wildman–Crippen LogP) is -0.554. The molecule has 0 aliphatic carbocycles. The van der Waals surface area contributed by atoms with Gasteiger partial charge in [0.25, 0.3) is 0 Å². The third-order valence-electron chi connectivity index (χ3n) is 2.49. The zero-order chi connectivity index (χ0) is 13.9. The summed E-state index contributed by atoms with van der Waals surface area (Å²) in [4.78, 5) is 2.17. The molecule has 1 aromatic rings. The van der Waals surface area contributed by atoms with Crippen LogP contribution in [0.5, 0.6) is 5.88 Å². The van der Waals surface area contributed by atoms with E-state index in [4.69, 9.17) is 9.47 Å². The topological polar surface area (TPSA) is 79.7 Å². The Morgan fingerprint density at radius 1 is 1.53 bits per heavy atom. The van der Waals surface area contributed by atoms with E-state index >= 15 is 0 Å². The van der Waals surface area contributed by atoms with E-state index in [1.165, 1.54) is 6.20 Å². The average molecular weight is 290 g/mol. The van der Waals surface area contributed by atoms with Crippen LogP contribution in [0.15, 0.2) is 6.20 Å². The number of methoxy groups -OCH3 is 1. The van der Waals surface area contributed by atoms with Crippen molar-refractivity contribution < 1.29 is 14.6 Å². The molecule has 1 unspecified atom stereocenters. The summed E-state index contributed by atoms with van der Waals surface area (Å²) in [6.07, 6.45) is 0.987. The normalized spacial score (nSPS) is 12.8. The number of ether oxygens (including phenoxy) is 2. The van der Waals surface area contributed by atoms with Gasteiger partial charge in [-0.05, 0) is 7.05 Å². The van der Waals surface area contributed by atoms with Gasteiger partial charge in [0.05, 0.1) is 18.3 Å². The minimum absolute atomic E-state index is 0.220. The Labute approximate surface area is 117 Å². The predicted molar refractivity (Wildman–Crippen MR) is 73.7 cm³/mol. The van der Waals surface area contributed by atoms with Gasteiger partial charge in [0, 0.05) is 33.3 Å². The summed E-state index contributed by atoms with van der Waals surface area (Å²) in [5.41, 5.74) is 0. The van der Waals surface area contributed by atoms with Crippen molar-refractivity contribution in [1.29, 1.82) is 0 Å². The summed E-state index contributed by atoms with van der Waals surface area (Å²) >= 11 is 1.08. The van der Waals surface area contributed by atoms with Crippen LogP contribution in [0.3, 0.4) is 0 Å². The first-order valence-electron chi connectivity index (χ1n) is 6.19. The monoisotopic (exact) mass is 290 g/mol. The number of likely N-dealkylation sites (N-methyl/N-ethyl adjacent to an activating group) is 1. The molecule has 0 aliphatic rings. The van der Waals surface area contributed by atoms with Gasteiger partial charge >= 0.3 is 0 Å². The fraction of sp³-hybridized carbons (Fsp3) is 0.818. The molecule has 1 aromatic heterocycles. The first-order valence-corrected chi connectivity index (χ1v) is 6.92. The second kappa shape index (κ2) is 10.0. The number of aromatic nitrogens is 2. The molecule has 0 saturated heterocycles. The molecule has 7 nitrogen and oxygen atoms in total. The van der Waals surface area contributed by atoms with E-state index < -0.39 is 6.10 Å². The van der Waals surface area contributed by atoms with Crippen molar-refractivity contribution in [2.24, 2.45) is 0 Å². The number of nitrogens with one attached hydrogen (secondary N) is 1. The largest absolute Gasteiger partial charge is 0.473 e. The summed E-state index contributed by atoms with van der Waals surface area (Å²) < 4.78 is 18.0. The average Bonchev–Trinajstić information content (AvgIpc) is 2.92. The second-order valence-electron chi connectivity index (χ2n) is 4.21. The van der Waals surface area contributed by atoms with Crippen LogP contribution in [-0.4, -0.2) is 78.4 Å². The molecule has 0 aliphatic heterocycles. The van der Waals surface area contributed by atoms with Crippen LogP contribution in [0.4, 0.5) is 0 Å². The molecule has 110 valence electrons. The quantitative estimate of drug-likeness (QED) is 0.529. The van der Waals surface area contributed by atoms with Gasteiger partial charge in [-0.3, -0.25) is 0 Å². The maximum absolute atomic E-state index is 9.69. The lowest BCUT2D eigenvalue weighted by molar-refractivity contribution is 0.103. The summed E-state index contributed by atoms with van der Waals surface area (Å²) in [7, 11) is 3.73. The lowest BCUT2D eigenvalue weighted by atomic mass is 10.3. The summed E-state index contributed by atoms with van der Waals surface area (Å²) in [5.74, 6) is 0.461. The molecule has 8 heteroatoms. The summed E-state index contributed by atoms with van der Waals surface area (Å²) in [5, 5.41) is 12.9. The Morgan fingerprint density at radius 2 is 2.37 bits per heavy atom. The third-order valence-corrected chi connectivity index (χ3v) is 2.95. The van der Waals surface area contributed by atoms with E-state index in [9.17, 15) is 5.11 Å². The molecule has 1 heterocycles. The Balaban J connectivity index is 1.96. The van der Waals surface area contributed by atoms with Crippen molar-refractivity contribution >= 4 is 11.7 Å². The lowest BCUT2D eigenvalue weighted by Gasteiger charge is -2.17. The number of aliphatic hydroxyl groups is 1. The molecular formula is C11H22N4O3S. The van der Waals surface area contributed by atoms with E-state index in [1.807, 2.05) is 7.05 Å². The minimum atomic E-state index is -0.550. The minimum Gasteiger partial charge on any atom is -0.473 e. The molecule has 0 saturated carbocycles. The third kappa shape index (κ3) is 8.06. The Hall–Kier alpha value is -0.800. The zero-order valence-corrected chi connectivity index (χ0v) is 12.2. The molecule has 0 aromatic carbocycles. The van der Waals surface area contributed by atoms with Crippen LogP contribution in [-0.2, 0) is 4.74 Å². The Kier molecular flexibility index (Phi) is 8.59. The van der Waals surface area contributed by atoms with Crippen LogP contribution in [0.2, 0.25) is 0 Å².